The maximum absolute atomic E-state index is 5.84. The smallest absolute Gasteiger partial charge is 0.132 e. The maximum atomic E-state index is 5.84. The summed E-state index contributed by atoms with van der Waals surface area (Å²) in [5.41, 5.74) is 4.36. The molecule has 1 heterocycles. The number of rotatable bonds is 3. The number of aromatic nitrogens is 2. The molecule has 0 radical (unpaired) electrons. The molecular weight excluding hydrogens is 391 g/mol. The van der Waals surface area contributed by atoms with Gasteiger partial charge in [-0.25, -0.2) is 9.97 Å². The predicted octanol–water partition coefficient (Wildman–Crippen LogP) is 4.90. The Bertz CT molecular complexity index is 546. The van der Waals surface area contributed by atoms with E-state index >= 15 is 0 Å². The van der Waals surface area contributed by atoms with Gasteiger partial charge in [0.05, 0.1) is 22.4 Å². The average Bonchev–Trinajstić information content (AvgIpc) is 2.36. The van der Waals surface area contributed by atoms with E-state index in [1.807, 2.05) is 18.2 Å². The Morgan fingerprint density at radius 2 is 1.59 bits per heavy atom. The fourth-order valence-corrected chi connectivity index (χ4v) is 2.66. The summed E-state index contributed by atoms with van der Waals surface area (Å²) in [4.78, 5) is 8.55. The number of hydrogen-bond donors (Lipinski definition) is 0. The molecule has 0 saturated carbocycles. The van der Waals surface area contributed by atoms with Crippen molar-refractivity contribution in [2.24, 2.45) is 0 Å². The van der Waals surface area contributed by atoms with E-state index in [1.165, 1.54) is 0 Å². The van der Waals surface area contributed by atoms with Crippen molar-refractivity contribution < 1.29 is 0 Å². The summed E-state index contributed by atoms with van der Waals surface area (Å²) >= 11 is 18.5. The summed E-state index contributed by atoms with van der Waals surface area (Å²) in [5, 5.41) is 1.36. The zero-order valence-electron chi connectivity index (χ0n) is 8.63. The van der Waals surface area contributed by atoms with Crippen molar-refractivity contribution in [1.29, 1.82) is 0 Å². The number of benzene rings is 1. The van der Waals surface area contributed by atoms with E-state index in [2.05, 4.69) is 41.8 Å². The summed E-state index contributed by atoms with van der Waals surface area (Å²) < 4.78 is 0. The van der Waals surface area contributed by atoms with Crippen LogP contribution < -0.4 is 0 Å². The minimum Gasteiger partial charge on any atom is -0.248 e. The van der Waals surface area contributed by atoms with Gasteiger partial charge in [0, 0.05) is 10.7 Å². The first kappa shape index (κ1) is 13.5. The Labute approximate surface area is 126 Å². The topological polar surface area (TPSA) is 25.8 Å². The molecule has 6 heteroatoms. The van der Waals surface area contributed by atoms with Gasteiger partial charge in [0.2, 0.25) is 0 Å². The van der Waals surface area contributed by atoms with Gasteiger partial charge >= 0.3 is 0 Å². The van der Waals surface area contributed by atoms with Crippen LogP contribution in [-0.4, -0.2) is 9.97 Å². The van der Waals surface area contributed by atoms with Gasteiger partial charge < -0.3 is 0 Å². The molecule has 2 aromatic rings. The van der Waals surface area contributed by atoms with Crippen molar-refractivity contribution in [3.8, 4) is 0 Å². The van der Waals surface area contributed by atoms with Gasteiger partial charge in [0.1, 0.15) is 4.84 Å². The Hall–Kier alpha value is 0.1000. The number of hydrogen-bond acceptors (Lipinski definition) is 2. The van der Waals surface area contributed by atoms with Crippen LogP contribution in [0.15, 0.2) is 18.2 Å². The zero-order valence-corrected chi connectivity index (χ0v) is 13.3. The van der Waals surface area contributed by atoms with Crippen LogP contribution in [0, 0.1) is 0 Å². The summed E-state index contributed by atoms with van der Waals surface area (Å²) in [5.74, 6) is 0. The SMILES string of the molecule is ClC(Cl)c1ccc2nc(CBr)c(CBr)nc2c1. The van der Waals surface area contributed by atoms with Crippen LogP contribution in [0.25, 0.3) is 11.0 Å². The zero-order chi connectivity index (χ0) is 12.4. The molecule has 0 fully saturated rings. The molecule has 90 valence electrons. The number of halogens is 4. The van der Waals surface area contributed by atoms with Gasteiger partial charge in [-0.05, 0) is 17.7 Å². The summed E-state index contributed by atoms with van der Waals surface area (Å²) in [6, 6.07) is 5.63. The van der Waals surface area contributed by atoms with Gasteiger partial charge in [-0.1, -0.05) is 37.9 Å². The first-order chi connectivity index (χ1) is 8.15. The first-order valence-electron chi connectivity index (χ1n) is 4.85. The van der Waals surface area contributed by atoms with E-state index in [-0.39, 0.29) is 0 Å². The Morgan fingerprint density at radius 3 is 2.12 bits per heavy atom. The Morgan fingerprint density at radius 1 is 1.00 bits per heavy atom. The molecule has 0 aliphatic carbocycles. The fourth-order valence-electron chi connectivity index (χ4n) is 1.49. The third-order valence-electron chi connectivity index (χ3n) is 2.35. The second-order valence-corrected chi connectivity index (χ2v) is 5.65. The maximum Gasteiger partial charge on any atom is 0.132 e. The van der Waals surface area contributed by atoms with Crippen molar-refractivity contribution in [1.82, 2.24) is 9.97 Å². The molecule has 0 bridgehead atoms. The fraction of sp³-hybridized carbons (Fsp3) is 0.273. The van der Waals surface area contributed by atoms with Gasteiger partial charge in [0.15, 0.2) is 0 Å². The van der Waals surface area contributed by atoms with Crippen LogP contribution in [0.1, 0.15) is 21.8 Å². The molecule has 2 rings (SSSR count). The quantitative estimate of drug-likeness (QED) is 0.687. The molecule has 0 aliphatic rings. The predicted molar refractivity (Wildman–Crippen MR) is 79.2 cm³/mol. The van der Waals surface area contributed by atoms with Crippen molar-refractivity contribution >= 4 is 66.1 Å². The van der Waals surface area contributed by atoms with E-state index in [1.54, 1.807) is 0 Å². The van der Waals surface area contributed by atoms with Crippen LogP contribution in [0.4, 0.5) is 0 Å². The van der Waals surface area contributed by atoms with E-state index in [0.29, 0.717) is 10.7 Å². The van der Waals surface area contributed by atoms with E-state index in [0.717, 1.165) is 28.0 Å². The van der Waals surface area contributed by atoms with E-state index in [9.17, 15) is 0 Å². The van der Waals surface area contributed by atoms with Gasteiger partial charge in [-0.3, -0.25) is 0 Å². The van der Waals surface area contributed by atoms with Crippen LogP contribution in [-0.2, 0) is 10.7 Å². The van der Waals surface area contributed by atoms with Crippen LogP contribution in [0.3, 0.4) is 0 Å². The average molecular weight is 399 g/mol. The molecule has 0 N–H and O–H groups in total. The van der Waals surface area contributed by atoms with Crippen molar-refractivity contribution in [3.63, 3.8) is 0 Å². The molecular formula is C11H8Br2Cl2N2. The first-order valence-corrected chi connectivity index (χ1v) is 7.97. The van der Waals surface area contributed by atoms with Crippen molar-refractivity contribution in [2.75, 3.05) is 0 Å². The van der Waals surface area contributed by atoms with Crippen LogP contribution in [0.5, 0.6) is 0 Å². The summed E-state index contributed by atoms with van der Waals surface area (Å²) in [6.45, 7) is 0. The van der Waals surface area contributed by atoms with Gasteiger partial charge in [-0.15, -0.1) is 23.2 Å². The molecule has 1 aromatic carbocycles. The lowest BCUT2D eigenvalue weighted by molar-refractivity contribution is 1.08. The summed E-state index contributed by atoms with van der Waals surface area (Å²) in [7, 11) is 0. The molecule has 0 amide bonds. The van der Waals surface area contributed by atoms with Crippen LogP contribution in [0.2, 0.25) is 0 Å². The van der Waals surface area contributed by atoms with Crippen LogP contribution >= 0.6 is 55.1 Å². The highest BCUT2D eigenvalue weighted by molar-refractivity contribution is 9.09. The highest BCUT2D eigenvalue weighted by Crippen LogP contribution is 2.27. The second kappa shape index (κ2) is 5.83. The molecule has 0 spiro atoms. The molecule has 2 nitrogen and oxygen atoms in total. The van der Waals surface area contributed by atoms with E-state index < -0.39 is 4.84 Å². The second-order valence-electron chi connectivity index (χ2n) is 3.43. The minimum absolute atomic E-state index is 0.538. The number of alkyl halides is 4. The summed E-state index contributed by atoms with van der Waals surface area (Å²) in [6.07, 6.45) is 0. The lowest BCUT2D eigenvalue weighted by Gasteiger charge is -2.07. The van der Waals surface area contributed by atoms with Crippen molar-refractivity contribution in [2.45, 2.75) is 15.5 Å². The monoisotopic (exact) mass is 396 g/mol. The minimum atomic E-state index is -0.538. The van der Waals surface area contributed by atoms with Gasteiger partial charge in [0.25, 0.3) is 0 Å². The van der Waals surface area contributed by atoms with E-state index in [4.69, 9.17) is 23.2 Å². The normalized spacial score (nSPS) is 11.4. The molecule has 17 heavy (non-hydrogen) atoms. The van der Waals surface area contributed by atoms with Crippen molar-refractivity contribution in [3.05, 3.63) is 35.2 Å². The third-order valence-corrected chi connectivity index (χ3v) is 3.91. The number of fused-ring (bicyclic) bond motifs is 1. The molecule has 0 unspecified atom stereocenters. The lowest BCUT2D eigenvalue weighted by atomic mass is 10.2. The van der Waals surface area contributed by atoms with Gasteiger partial charge in [-0.2, -0.15) is 0 Å². The third kappa shape index (κ3) is 2.92. The Kier molecular flexibility index (Phi) is 4.64. The highest BCUT2D eigenvalue weighted by atomic mass is 79.9. The highest BCUT2D eigenvalue weighted by Gasteiger charge is 2.09. The number of nitrogens with zero attached hydrogens (tertiary/aromatic N) is 2. The lowest BCUT2D eigenvalue weighted by Crippen LogP contribution is -1.99. The largest absolute Gasteiger partial charge is 0.248 e. The molecule has 0 saturated heterocycles. The Balaban J connectivity index is 2.62. The molecule has 0 atom stereocenters. The standard InChI is InChI=1S/C11H8Br2Cl2N2/c12-4-9-10(5-13)17-8-3-6(11(14)15)1-2-7(8)16-9/h1-3,11H,4-5H2. The molecule has 0 aliphatic heterocycles. The molecule has 1 aromatic heterocycles.